The monoisotopic (exact) mass is 493 g/mol. The van der Waals surface area contributed by atoms with E-state index in [4.69, 9.17) is 9.72 Å². The van der Waals surface area contributed by atoms with Gasteiger partial charge >= 0.3 is 0 Å². The van der Waals surface area contributed by atoms with Crippen molar-refractivity contribution in [2.75, 3.05) is 11.9 Å². The lowest BCUT2D eigenvalue weighted by molar-refractivity contribution is 0.0886. The van der Waals surface area contributed by atoms with Crippen molar-refractivity contribution in [3.8, 4) is 17.7 Å². The minimum Gasteiger partial charge on any atom is -0.391 e. The van der Waals surface area contributed by atoms with Gasteiger partial charge in [-0.25, -0.2) is 14.6 Å². The van der Waals surface area contributed by atoms with Crippen LogP contribution in [0.5, 0.6) is 0 Å². The van der Waals surface area contributed by atoms with E-state index in [1.807, 2.05) is 60.9 Å². The van der Waals surface area contributed by atoms with Crippen molar-refractivity contribution < 1.29 is 9.84 Å². The molecule has 1 aliphatic rings. The summed E-state index contributed by atoms with van der Waals surface area (Å²) in [4.78, 5) is 9.51. The highest BCUT2D eigenvalue weighted by Crippen LogP contribution is 2.33. The van der Waals surface area contributed by atoms with Gasteiger partial charge in [-0.1, -0.05) is 0 Å². The van der Waals surface area contributed by atoms with Crippen molar-refractivity contribution in [2.45, 2.75) is 32.5 Å². The number of nitriles is 1. The minimum atomic E-state index is -0.530. The molecule has 184 valence electrons. The maximum Gasteiger partial charge on any atom is 0.163 e. The van der Waals surface area contributed by atoms with E-state index < -0.39 is 6.10 Å². The average Bonchev–Trinajstić information content (AvgIpc) is 3.63. The highest BCUT2D eigenvalue weighted by atomic mass is 16.5. The van der Waals surface area contributed by atoms with Crippen LogP contribution in [0.15, 0.2) is 54.9 Å². The Labute approximate surface area is 212 Å². The Morgan fingerprint density at radius 2 is 2.00 bits per heavy atom. The molecular formula is C26H23N9O2. The molecule has 37 heavy (non-hydrogen) atoms. The van der Waals surface area contributed by atoms with Gasteiger partial charge in [0, 0.05) is 23.4 Å². The van der Waals surface area contributed by atoms with E-state index in [2.05, 4.69) is 31.7 Å². The number of aromatic nitrogens is 7. The SMILES string of the molecule is Cc1ccc(Nc2ccc3c(c2)ncn3-c2ccc([C@H]3C[C@H](O)CO3)c(-n3nc(C#N)cc3C)n2)nn1. The van der Waals surface area contributed by atoms with Gasteiger partial charge in [-0.2, -0.15) is 15.5 Å². The molecule has 11 nitrogen and oxygen atoms in total. The molecule has 0 aliphatic carbocycles. The molecule has 1 saturated heterocycles. The summed E-state index contributed by atoms with van der Waals surface area (Å²) in [5, 5.41) is 35.3. The van der Waals surface area contributed by atoms with Crippen molar-refractivity contribution in [3.05, 3.63) is 77.5 Å². The fourth-order valence-corrected chi connectivity index (χ4v) is 4.46. The fourth-order valence-electron chi connectivity index (χ4n) is 4.46. The molecule has 1 fully saturated rings. The van der Waals surface area contributed by atoms with Gasteiger partial charge in [-0.15, -0.1) is 5.10 Å². The van der Waals surface area contributed by atoms with Gasteiger partial charge in [0.05, 0.1) is 35.5 Å². The molecule has 0 amide bonds. The van der Waals surface area contributed by atoms with E-state index in [1.54, 1.807) is 17.1 Å². The zero-order valence-electron chi connectivity index (χ0n) is 20.2. The molecule has 0 spiro atoms. The molecule has 0 saturated carbocycles. The summed E-state index contributed by atoms with van der Waals surface area (Å²) in [5.74, 6) is 1.84. The Bertz CT molecular complexity index is 1650. The maximum absolute atomic E-state index is 10.0. The number of fused-ring (bicyclic) bond motifs is 1. The van der Waals surface area contributed by atoms with Crippen molar-refractivity contribution in [3.63, 3.8) is 0 Å². The van der Waals surface area contributed by atoms with Crippen molar-refractivity contribution in [1.29, 1.82) is 5.26 Å². The van der Waals surface area contributed by atoms with Gasteiger partial charge < -0.3 is 15.2 Å². The first-order chi connectivity index (χ1) is 18.0. The van der Waals surface area contributed by atoms with Crippen molar-refractivity contribution >= 4 is 22.5 Å². The number of aliphatic hydroxyl groups excluding tert-OH is 1. The van der Waals surface area contributed by atoms with E-state index in [-0.39, 0.29) is 12.7 Å². The van der Waals surface area contributed by atoms with Gasteiger partial charge in [0.15, 0.2) is 17.3 Å². The normalized spacial score (nSPS) is 17.2. The van der Waals surface area contributed by atoms with E-state index in [1.165, 1.54) is 0 Å². The van der Waals surface area contributed by atoms with E-state index in [0.717, 1.165) is 33.7 Å². The van der Waals surface area contributed by atoms with Crippen LogP contribution in [0.1, 0.15) is 35.2 Å². The molecule has 4 aromatic heterocycles. The molecule has 0 bridgehead atoms. The van der Waals surface area contributed by atoms with Crippen LogP contribution in [-0.4, -0.2) is 52.3 Å². The number of pyridine rings is 1. The molecule has 6 rings (SSSR count). The number of ether oxygens (including phenoxy) is 1. The molecule has 5 heterocycles. The molecule has 2 N–H and O–H groups in total. The van der Waals surface area contributed by atoms with Gasteiger partial charge in [0.25, 0.3) is 0 Å². The number of nitrogens with one attached hydrogen (secondary N) is 1. The number of aryl methyl sites for hydroxylation is 2. The number of aliphatic hydroxyl groups is 1. The third-order valence-electron chi connectivity index (χ3n) is 6.28. The van der Waals surface area contributed by atoms with Crippen molar-refractivity contribution in [2.24, 2.45) is 0 Å². The van der Waals surface area contributed by atoms with Crippen LogP contribution in [0.3, 0.4) is 0 Å². The number of nitrogens with zero attached hydrogens (tertiary/aromatic N) is 8. The zero-order chi connectivity index (χ0) is 25.5. The Kier molecular flexibility index (Phi) is 5.60. The predicted octanol–water partition coefficient (Wildman–Crippen LogP) is 3.45. The first-order valence-electron chi connectivity index (χ1n) is 11.8. The topological polar surface area (TPSA) is 140 Å². The first-order valence-corrected chi connectivity index (χ1v) is 11.8. The van der Waals surface area contributed by atoms with Crippen LogP contribution in [-0.2, 0) is 4.74 Å². The Morgan fingerprint density at radius 1 is 1.11 bits per heavy atom. The molecular weight excluding hydrogens is 470 g/mol. The van der Waals surface area contributed by atoms with Crippen LogP contribution in [0.4, 0.5) is 11.5 Å². The summed E-state index contributed by atoms with van der Waals surface area (Å²) in [6, 6.07) is 17.2. The van der Waals surface area contributed by atoms with Crippen LogP contribution < -0.4 is 5.32 Å². The molecule has 0 unspecified atom stereocenters. The Hall–Kier alpha value is -4.66. The summed E-state index contributed by atoms with van der Waals surface area (Å²) in [6.07, 6.45) is 1.34. The minimum absolute atomic E-state index is 0.268. The number of hydrogen-bond donors (Lipinski definition) is 2. The second-order valence-electron chi connectivity index (χ2n) is 8.99. The van der Waals surface area contributed by atoms with E-state index in [0.29, 0.717) is 29.6 Å². The van der Waals surface area contributed by atoms with Crippen molar-refractivity contribution in [1.82, 2.24) is 34.5 Å². The smallest absolute Gasteiger partial charge is 0.163 e. The zero-order valence-corrected chi connectivity index (χ0v) is 20.2. The molecule has 1 aromatic carbocycles. The fraction of sp³-hybridized carbons (Fsp3) is 0.231. The number of hydrogen-bond acceptors (Lipinski definition) is 9. The summed E-state index contributed by atoms with van der Waals surface area (Å²) in [5.41, 5.74) is 5.21. The molecule has 11 heteroatoms. The average molecular weight is 494 g/mol. The predicted molar refractivity (Wildman–Crippen MR) is 135 cm³/mol. The molecule has 2 atom stereocenters. The second kappa shape index (κ2) is 9.09. The summed E-state index contributed by atoms with van der Waals surface area (Å²) in [7, 11) is 0. The van der Waals surface area contributed by atoms with Crippen LogP contribution in [0, 0.1) is 25.2 Å². The standard InChI is InChI=1S/C26H23N9O2/c1-15-3-7-24(32-31-15)29-17-4-6-22-21(10-17)28-14-34(22)25-8-5-20(23-11-19(36)13-37-23)26(30-25)35-16(2)9-18(12-27)33-35/h3-10,14,19,23,36H,11,13H2,1-2H3,(H,29,32)/t19-,23+/m0/s1. The summed E-state index contributed by atoms with van der Waals surface area (Å²) < 4.78 is 9.37. The Morgan fingerprint density at radius 3 is 2.73 bits per heavy atom. The highest BCUT2D eigenvalue weighted by Gasteiger charge is 2.29. The van der Waals surface area contributed by atoms with Crippen LogP contribution >= 0.6 is 0 Å². The van der Waals surface area contributed by atoms with Gasteiger partial charge in [-0.05, 0) is 62.4 Å². The third-order valence-corrected chi connectivity index (χ3v) is 6.28. The molecule has 1 aliphatic heterocycles. The lowest BCUT2D eigenvalue weighted by Crippen LogP contribution is -2.12. The molecule has 0 radical (unpaired) electrons. The van der Waals surface area contributed by atoms with E-state index >= 15 is 0 Å². The number of imidazole rings is 1. The third kappa shape index (κ3) is 4.29. The summed E-state index contributed by atoms with van der Waals surface area (Å²) >= 11 is 0. The number of benzene rings is 1. The van der Waals surface area contributed by atoms with E-state index in [9.17, 15) is 10.4 Å². The second-order valence-corrected chi connectivity index (χ2v) is 8.99. The Balaban J connectivity index is 1.40. The number of anilines is 2. The quantitative estimate of drug-likeness (QED) is 0.377. The lowest BCUT2D eigenvalue weighted by atomic mass is 10.1. The lowest BCUT2D eigenvalue weighted by Gasteiger charge is -2.17. The van der Waals surface area contributed by atoms with Crippen LogP contribution in [0.2, 0.25) is 0 Å². The number of rotatable bonds is 5. The highest BCUT2D eigenvalue weighted by molar-refractivity contribution is 5.82. The van der Waals surface area contributed by atoms with Crippen LogP contribution in [0.25, 0.3) is 22.7 Å². The largest absolute Gasteiger partial charge is 0.391 e. The van der Waals surface area contributed by atoms with Gasteiger partial charge in [0.1, 0.15) is 18.2 Å². The molecule has 5 aromatic rings. The van der Waals surface area contributed by atoms with Gasteiger partial charge in [-0.3, -0.25) is 4.57 Å². The first kappa shape index (κ1) is 22.8. The maximum atomic E-state index is 10.0. The summed E-state index contributed by atoms with van der Waals surface area (Å²) in [6.45, 7) is 4.03. The van der Waals surface area contributed by atoms with Gasteiger partial charge in [0.2, 0.25) is 0 Å².